The maximum Gasteiger partial charge on any atom is 0.244 e. The molecule has 0 unspecified atom stereocenters. The molecule has 28 heavy (non-hydrogen) atoms. The van der Waals surface area contributed by atoms with Gasteiger partial charge in [0, 0.05) is 12.1 Å². The first-order valence-electron chi connectivity index (χ1n) is 8.99. The van der Waals surface area contributed by atoms with E-state index in [-0.39, 0.29) is 23.5 Å². The lowest BCUT2D eigenvalue weighted by molar-refractivity contribution is -0.121. The number of carbonyl (C=O) groups is 2. The van der Waals surface area contributed by atoms with Gasteiger partial charge in [0.25, 0.3) is 0 Å². The number of fused-ring (bicyclic) bond motifs is 1. The molecule has 0 bridgehead atoms. The average molecular weight is 402 g/mol. The van der Waals surface area contributed by atoms with Gasteiger partial charge in [-0.15, -0.1) is 0 Å². The molecule has 1 aliphatic heterocycles. The third kappa shape index (κ3) is 4.01. The molecule has 0 saturated carbocycles. The third-order valence-corrected chi connectivity index (χ3v) is 6.69. The van der Waals surface area contributed by atoms with E-state index in [0.29, 0.717) is 18.0 Å². The van der Waals surface area contributed by atoms with Crippen molar-refractivity contribution in [1.29, 1.82) is 0 Å². The van der Waals surface area contributed by atoms with Crippen LogP contribution < -0.4 is 15.0 Å². The molecule has 2 aromatic carbocycles. The van der Waals surface area contributed by atoms with Gasteiger partial charge in [-0.05, 0) is 50.2 Å². The molecule has 7 nitrogen and oxygen atoms in total. The summed E-state index contributed by atoms with van der Waals surface area (Å²) < 4.78 is 30.7. The Bertz CT molecular complexity index is 986. The Morgan fingerprint density at radius 1 is 1.18 bits per heavy atom. The lowest BCUT2D eigenvalue weighted by atomic mass is 10.2. The van der Waals surface area contributed by atoms with Gasteiger partial charge in [0.05, 0.1) is 22.4 Å². The van der Waals surface area contributed by atoms with Gasteiger partial charge in [-0.2, -0.15) is 0 Å². The molecule has 0 spiro atoms. The molecular weight excluding hydrogens is 380 g/mol. The molecular formula is C20H22N2O5S. The minimum absolute atomic E-state index is 0.0715. The van der Waals surface area contributed by atoms with Gasteiger partial charge in [-0.25, -0.2) is 8.42 Å². The lowest BCUT2D eigenvalue weighted by Gasteiger charge is -2.21. The highest BCUT2D eigenvalue weighted by Gasteiger charge is 2.36. The standard InChI is InChI=1S/C20H22N2O5S/c1-3-27-16-10-8-15(9-11-16)21-19(23)13-22-17-6-4-5-7-18(17)28(25,26)14(2)12-20(22)24/h4-11,14H,3,12-13H2,1-2H3,(H,21,23)/t14-/m1/s1. The zero-order valence-corrected chi connectivity index (χ0v) is 16.5. The van der Waals surface area contributed by atoms with E-state index in [9.17, 15) is 18.0 Å². The number of sulfone groups is 1. The van der Waals surface area contributed by atoms with Crippen molar-refractivity contribution in [2.45, 2.75) is 30.4 Å². The molecule has 8 heteroatoms. The normalized spacial score (nSPS) is 18.1. The Labute approximate surface area is 164 Å². The van der Waals surface area contributed by atoms with Crippen LogP contribution in [-0.4, -0.2) is 38.6 Å². The lowest BCUT2D eigenvalue weighted by Crippen LogP contribution is -2.38. The highest BCUT2D eigenvalue weighted by molar-refractivity contribution is 7.92. The summed E-state index contributed by atoms with van der Waals surface area (Å²) >= 11 is 0. The quantitative estimate of drug-likeness (QED) is 0.830. The first kappa shape index (κ1) is 19.9. The van der Waals surface area contributed by atoms with Crippen LogP contribution >= 0.6 is 0 Å². The van der Waals surface area contributed by atoms with Gasteiger partial charge < -0.3 is 15.0 Å². The van der Waals surface area contributed by atoms with E-state index in [2.05, 4.69) is 5.32 Å². The second-order valence-electron chi connectivity index (χ2n) is 6.51. The summed E-state index contributed by atoms with van der Waals surface area (Å²) in [7, 11) is -3.64. The van der Waals surface area contributed by atoms with Crippen molar-refractivity contribution >= 4 is 33.0 Å². The molecule has 1 heterocycles. The molecule has 0 fully saturated rings. The van der Waals surface area contributed by atoms with E-state index in [1.165, 1.54) is 17.9 Å². The van der Waals surface area contributed by atoms with E-state index >= 15 is 0 Å². The first-order valence-corrected chi connectivity index (χ1v) is 10.5. The predicted octanol–water partition coefficient (Wildman–Crippen LogP) is 2.62. The molecule has 2 aromatic rings. The predicted molar refractivity (Wildman–Crippen MR) is 106 cm³/mol. The molecule has 2 amide bonds. The maximum atomic E-state index is 12.7. The molecule has 1 N–H and O–H groups in total. The fraction of sp³-hybridized carbons (Fsp3) is 0.300. The minimum Gasteiger partial charge on any atom is -0.494 e. The van der Waals surface area contributed by atoms with Crippen molar-refractivity contribution in [1.82, 2.24) is 0 Å². The Morgan fingerprint density at radius 2 is 1.86 bits per heavy atom. The second-order valence-corrected chi connectivity index (χ2v) is 8.85. The van der Waals surface area contributed by atoms with Crippen LogP contribution in [0.1, 0.15) is 20.3 Å². The summed E-state index contributed by atoms with van der Waals surface area (Å²) in [6.45, 7) is 3.66. The number of nitrogens with one attached hydrogen (secondary N) is 1. The van der Waals surface area contributed by atoms with Crippen molar-refractivity contribution in [3.05, 3.63) is 48.5 Å². The number of hydrogen-bond acceptors (Lipinski definition) is 5. The van der Waals surface area contributed by atoms with E-state index < -0.39 is 26.9 Å². The zero-order chi connectivity index (χ0) is 20.3. The molecule has 3 rings (SSSR count). The van der Waals surface area contributed by atoms with Crippen molar-refractivity contribution in [3.63, 3.8) is 0 Å². The number of nitrogens with zero attached hydrogens (tertiary/aromatic N) is 1. The SMILES string of the molecule is CCOc1ccc(NC(=O)CN2C(=O)C[C@@H](C)S(=O)(=O)c3ccccc32)cc1. The Balaban J connectivity index is 1.82. The maximum absolute atomic E-state index is 12.7. The summed E-state index contributed by atoms with van der Waals surface area (Å²) in [5.41, 5.74) is 0.795. The summed E-state index contributed by atoms with van der Waals surface area (Å²) in [5, 5.41) is 1.88. The Hall–Kier alpha value is -2.87. The Morgan fingerprint density at radius 3 is 2.54 bits per heavy atom. The molecule has 0 saturated heterocycles. The minimum atomic E-state index is -3.64. The van der Waals surface area contributed by atoms with Gasteiger partial charge >= 0.3 is 0 Å². The monoisotopic (exact) mass is 402 g/mol. The van der Waals surface area contributed by atoms with Crippen LogP contribution in [0.2, 0.25) is 0 Å². The highest BCUT2D eigenvalue weighted by Crippen LogP contribution is 2.33. The topological polar surface area (TPSA) is 92.8 Å². The fourth-order valence-corrected chi connectivity index (χ4v) is 4.59. The van der Waals surface area contributed by atoms with Crippen molar-refractivity contribution in [2.75, 3.05) is 23.4 Å². The number of rotatable bonds is 5. The zero-order valence-electron chi connectivity index (χ0n) is 15.7. The molecule has 0 radical (unpaired) electrons. The van der Waals surface area contributed by atoms with Crippen molar-refractivity contribution in [3.8, 4) is 5.75 Å². The van der Waals surface area contributed by atoms with Crippen molar-refractivity contribution < 1.29 is 22.7 Å². The van der Waals surface area contributed by atoms with Gasteiger partial charge in [0.15, 0.2) is 9.84 Å². The number of amides is 2. The first-order chi connectivity index (χ1) is 13.3. The van der Waals surface area contributed by atoms with Crippen LogP contribution in [0.3, 0.4) is 0 Å². The smallest absolute Gasteiger partial charge is 0.244 e. The van der Waals surface area contributed by atoms with Crippen LogP contribution in [-0.2, 0) is 19.4 Å². The number of carbonyl (C=O) groups excluding carboxylic acids is 2. The highest BCUT2D eigenvalue weighted by atomic mass is 32.2. The molecule has 1 aliphatic rings. The van der Waals surface area contributed by atoms with E-state index in [1.807, 2.05) is 6.92 Å². The van der Waals surface area contributed by atoms with E-state index in [1.54, 1.807) is 42.5 Å². The molecule has 1 atom stereocenters. The van der Waals surface area contributed by atoms with E-state index in [4.69, 9.17) is 4.74 Å². The second kappa shape index (κ2) is 8.02. The largest absolute Gasteiger partial charge is 0.494 e. The average Bonchev–Trinajstić information content (AvgIpc) is 2.73. The van der Waals surface area contributed by atoms with Crippen LogP contribution in [0.15, 0.2) is 53.4 Å². The molecule has 0 aromatic heterocycles. The van der Waals surface area contributed by atoms with Crippen LogP contribution in [0, 0.1) is 0 Å². The van der Waals surface area contributed by atoms with E-state index in [0.717, 1.165) is 0 Å². The van der Waals surface area contributed by atoms with Gasteiger partial charge in [0.2, 0.25) is 11.8 Å². The van der Waals surface area contributed by atoms with Crippen molar-refractivity contribution in [2.24, 2.45) is 0 Å². The van der Waals surface area contributed by atoms with Crippen LogP contribution in [0.4, 0.5) is 11.4 Å². The van der Waals surface area contributed by atoms with Crippen LogP contribution in [0.25, 0.3) is 0 Å². The van der Waals surface area contributed by atoms with Gasteiger partial charge in [0.1, 0.15) is 12.3 Å². The summed E-state index contributed by atoms with van der Waals surface area (Å²) in [6, 6.07) is 13.1. The van der Waals surface area contributed by atoms with Gasteiger partial charge in [-0.1, -0.05) is 12.1 Å². The fourth-order valence-electron chi connectivity index (χ4n) is 3.06. The van der Waals surface area contributed by atoms with Crippen LogP contribution in [0.5, 0.6) is 5.75 Å². The molecule has 0 aliphatic carbocycles. The molecule has 148 valence electrons. The number of anilines is 2. The number of benzene rings is 2. The number of ether oxygens (including phenoxy) is 1. The summed E-state index contributed by atoms with van der Waals surface area (Å²) in [5.74, 6) is -0.126. The third-order valence-electron chi connectivity index (χ3n) is 4.51. The Kier molecular flexibility index (Phi) is 5.69. The summed E-state index contributed by atoms with van der Waals surface area (Å²) in [4.78, 5) is 26.5. The summed E-state index contributed by atoms with van der Waals surface area (Å²) in [6.07, 6.45) is -0.173. The number of hydrogen-bond donors (Lipinski definition) is 1. The number of para-hydroxylation sites is 1. The van der Waals surface area contributed by atoms with Gasteiger partial charge in [-0.3, -0.25) is 9.59 Å².